The number of carbonyl (C=O) groups excluding carboxylic acids is 1. The van der Waals surface area contributed by atoms with Crippen molar-refractivity contribution in [3.8, 4) is 5.88 Å². The molecule has 0 unspecified atom stereocenters. The molecule has 0 bridgehead atoms. The molecule has 7 nitrogen and oxygen atoms in total. The van der Waals surface area contributed by atoms with E-state index in [1.807, 2.05) is 0 Å². The average Bonchev–Trinajstić information content (AvgIpc) is 2.93. The number of benzene rings is 1. The fourth-order valence-corrected chi connectivity index (χ4v) is 2.90. The van der Waals surface area contributed by atoms with Crippen LogP contribution in [0.1, 0.15) is 5.56 Å². The maximum atomic E-state index is 12.5. The Balaban J connectivity index is 1.34. The minimum absolute atomic E-state index is 0.0575. The first-order valence-electron chi connectivity index (χ1n) is 8.37. The number of likely N-dealkylation sites (tertiary alicyclic amines) is 1. The van der Waals surface area contributed by atoms with Crippen molar-refractivity contribution in [1.29, 1.82) is 0 Å². The Morgan fingerprint density at radius 1 is 1.21 bits per heavy atom. The molecule has 4 rings (SSSR count). The molecular formula is C18H14F3N3O4. The molecule has 1 fully saturated rings. The molecule has 28 heavy (non-hydrogen) atoms. The fourth-order valence-electron chi connectivity index (χ4n) is 2.90. The van der Waals surface area contributed by atoms with Crippen molar-refractivity contribution in [2.75, 3.05) is 13.1 Å². The van der Waals surface area contributed by atoms with E-state index in [2.05, 4.69) is 4.98 Å². The summed E-state index contributed by atoms with van der Waals surface area (Å²) >= 11 is 0. The number of oxazole rings is 1. The lowest BCUT2D eigenvalue weighted by atomic mass is 10.1. The number of alkyl halides is 3. The number of pyridine rings is 1. The van der Waals surface area contributed by atoms with Crippen LogP contribution in [0.25, 0.3) is 11.1 Å². The number of para-hydroxylation sites is 2. The van der Waals surface area contributed by atoms with Crippen LogP contribution in [0.5, 0.6) is 5.88 Å². The van der Waals surface area contributed by atoms with Gasteiger partial charge in [0.2, 0.25) is 11.8 Å². The molecule has 2 aromatic heterocycles. The normalized spacial score (nSPS) is 14.9. The van der Waals surface area contributed by atoms with E-state index < -0.39 is 17.5 Å². The second-order valence-corrected chi connectivity index (χ2v) is 6.34. The molecule has 3 aromatic rings. The van der Waals surface area contributed by atoms with Gasteiger partial charge >= 0.3 is 11.9 Å². The smallest absolute Gasteiger partial charge is 0.420 e. The van der Waals surface area contributed by atoms with Gasteiger partial charge in [0.25, 0.3) is 0 Å². The number of amides is 1. The molecule has 0 spiro atoms. The van der Waals surface area contributed by atoms with Gasteiger partial charge in [0.1, 0.15) is 12.6 Å². The van der Waals surface area contributed by atoms with Crippen molar-refractivity contribution in [2.45, 2.75) is 18.8 Å². The summed E-state index contributed by atoms with van der Waals surface area (Å²) in [7, 11) is 0. The number of ether oxygens (including phenoxy) is 1. The number of rotatable bonds is 4. The molecule has 1 aromatic carbocycles. The van der Waals surface area contributed by atoms with E-state index in [1.165, 1.54) is 9.47 Å². The van der Waals surface area contributed by atoms with E-state index in [9.17, 15) is 22.8 Å². The maximum absolute atomic E-state index is 12.5. The molecule has 0 radical (unpaired) electrons. The van der Waals surface area contributed by atoms with Crippen LogP contribution in [-0.4, -0.2) is 39.6 Å². The summed E-state index contributed by atoms with van der Waals surface area (Å²) in [5.41, 5.74) is 0.0738. The molecule has 0 N–H and O–H groups in total. The zero-order valence-corrected chi connectivity index (χ0v) is 14.3. The van der Waals surface area contributed by atoms with E-state index in [1.54, 1.807) is 24.3 Å². The first kappa shape index (κ1) is 18.1. The SMILES string of the molecule is O=C(Cn1c(=O)oc2ccccc21)N1CC(Oc2ccc(C(F)(F)F)cn2)C1. The third-order valence-corrected chi connectivity index (χ3v) is 4.42. The van der Waals surface area contributed by atoms with Gasteiger partial charge in [-0.15, -0.1) is 0 Å². The zero-order chi connectivity index (χ0) is 19.9. The second-order valence-electron chi connectivity index (χ2n) is 6.34. The summed E-state index contributed by atoms with van der Waals surface area (Å²) in [5, 5.41) is 0. The molecule has 1 amide bonds. The third kappa shape index (κ3) is 3.45. The Kier molecular flexibility index (Phi) is 4.33. The van der Waals surface area contributed by atoms with Crippen LogP contribution in [0.2, 0.25) is 0 Å². The molecule has 0 atom stereocenters. The lowest BCUT2D eigenvalue weighted by Crippen LogP contribution is -2.57. The highest BCUT2D eigenvalue weighted by Gasteiger charge is 2.34. The van der Waals surface area contributed by atoms with E-state index in [4.69, 9.17) is 9.15 Å². The highest BCUT2D eigenvalue weighted by molar-refractivity contribution is 5.80. The lowest BCUT2D eigenvalue weighted by Gasteiger charge is -2.38. The van der Waals surface area contributed by atoms with Crippen molar-refractivity contribution < 1.29 is 27.1 Å². The number of aromatic nitrogens is 2. The van der Waals surface area contributed by atoms with Crippen LogP contribution < -0.4 is 10.5 Å². The van der Waals surface area contributed by atoms with Crippen molar-refractivity contribution >= 4 is 17.0 Å². The summed E-state index contributed by atoms with van der Waals surface area (Å²) in [6.45, 7) is 0.346. The second kappa shape index (κ2) is 6.70. The van der Waals surface area contributed by atoms with E-state index in [0.29, 0.717) is 17.3 Å². The number of carbonyl (C=O) groups is 1. The monoisotopic (exact) mass is 393 g/mol. The highest BCUT2D eigenvalue weighted by Crippen LogP contribution is 2.29. The average molecular weight is 393 g/mol. The van der Waals surface area contributed by atoms with Gasteiger partial charge < -0.3 is 14.1 Å². The van der Waals surface area contributed by atoms with Crippen LogP contribution in [0.3, 0.4) is 0 Å². The van der Waals surface area contributed by atoms with Crippen molar-refractivity contribution in [3.05, 3.63) is 58.7 Å². The summed E-state index contributed by atoms with van der Waals surface area (Å²) in [6, 6.07) is 8.83. The van der Waals surface area contributed by atoms with Crippen molar-refractivity contribution in [2.24, 2.45) is 0 Å². The Morgan fingerprint density at radius 3 is 2.64 bits per heavy atom. The van der Waals surface area contributed by atoms with E-state index in [-0.39, 0.29) is 37.5 Å². The Bertz CT molecular complexity index is 1070. The van der Waals surface area contributed by atoms with Gasteiger partial charge in [-0.05, 0) is 18.2 Å². The largest absolute Gasteiger partial charge is 0.471 e. The van der Waals surface area contributed by atoms with Gasteiger partial charge in [-0.3, -0.25) is 9.36 Å². The van der Waals surface area contributed by atoms with Crippen LogP contribution in [0.15, 0.2) is 51.8 Å². The highest BCUT2D eigenvalue weighted by atomic mass is 19.4. The van der Waals surface area contributed by atoms with E-state index >= 15 is 0 Å². The number of hydrogen-bond acceptors (Lipinski definition) is 5. The summed E-state index contributed by atoms with van der Waals surface area (Å²) in [4.78, 5) is 29.4. The fraction of sp³-hybridized carbons (Fsp3) is 0.278. The minimum atomic E-state index is -4.46. The minimum Gasteiger partial charge on any atom is -0.471 e. The molecule has 0 saturated carbocycles. The van der Waals surface area contributed by atoms with Gasteiger partial charge in [0, 0.05) is 12.3 Å². The Morgan fingerprint density at radius 2 is 1.96 bits per heavy atom. The molecular weight excluding hydrogens is 379 g/mol. The lowest BCUT2D eigenvalue weighted by molar-refractivity contribution is -0.141. The predicted molar refractivity (Wildman–Crippen MR) is 90.7 cm³/mol. The van der Waals surface area contributed by atoms with Gasteiger partial charge in [-0.2, -0.15) is 13.2 Å². The van der Waals surface area contributed by atoms with Crippen LogP contribution in [0.4, 0.5) is 13.2 Å². The van der Waals surface area contributed by atoms with Crippen molar-refractivity contribution in [1.82, 2.24) is 14.5 Å². The van der Waals surface area contributed by atoms with Crippen LogP contribution >= 0.6 is 0 Å². The number of halogens is 3. The standard InChI is InChI=1S/C18H14F3N3O4/c19-18(20,21)11-5-6-15(22-7-11)27-12-8-23(9-12)16(25)10-24-13-3-1-2-4-14(13)28-17(24)26/h1-7,12H,8-10H2. The Hall–Kier alpha value is -3.30. The molecule has 3 heterocycles. The quantitative estimate of drug-likeness (QED) is 0.680. The molecule has 0 aliphatic carbocycles. The molecule has 1 saturated heterocycles. The third-order valence-electron chi connectivity index (χ3n) is 4.42. The predicted octanol–water partition coefficient (Wildman–Crippen LogP) is 2.30. The summed E-state index contributed by atoms with van der Waals surface area (Å²) < 4.78 is 49.4. The summed E-state index contributed by atoms with van der Waals surface area (Å²) in [6.07, 6.45) is -4.13. The van der Waals surface area contributed by atoms with Gasteiger partial charge in [0.05, 0.1) is 24.2 Å². The van der Waals surface area contributed by atoms with Gasteiger partial charge in [-0.25, -0.2) is 9.78 Å². The van der Waals surface area contributed by atoms with E-state index in [0.717, 1.165) is 12.1 Å². The molecule has 10 heteroatoms. The molecule has 1 aliphatic heterocycles. The zero-order valence-electron chi connectivity index (χ0n) is 14.3. The maximum Gasteiger partial charge on any atom is 0.420 e. The van der Waals surface area contributed by atoms with Gasteiger partial charge in [0.15, 0.2) is 5.58 Å². The van der Waals surface area contributed by atoms with Crippen LogP contribution in [0, 0.1) is 0 Å². The first-order valence-corrected chi connectivity index (χ1v) is 8.37. The topological polar surface area (TPSA) is 77.6 Å². The summed E-state index contributed by atoms with van der Waals surface area (Å²) in [5.74, 6) is -0.840. The Labute approximate surface area is 155 Å². The number of nitrogens with zero attached hydrogens (tertiary/aromatic N) is 3. The van der Waals surface area contributed by atoms with Gasteiger partial charge in [-0.1, -0.05) is 12.1 Å². The number of hydrogen-bond donors (Lipinski definition) is 0. The first-order chi connectivity index (χ1) is 13.3. The molecule has 146 valence electrons. The van der Waals surface area contributed by atoms with Crippen molar-refractivity contribution in [3.63, 3.8) is 0 Å². The number of fused-ring (bicyclic) bond motifs is 1. The molecule has 1 aliphatic rings. The van der Waals surface area contributed by atoms with Crippen LogP contribution in [-0.2, 0) is 17.5 Å².